The Labute approximate surface area is 97.4 Å². The van der Waals surface area contributed by atoms with Crippen LogP contribution in [0.2, 0.25) is 0 Å². The van der Waals surface area contributed by atoms with Gasteiger partial charge >= 0.3 is 5.97 Å². The van der Waals surface area contributed by atoms with Gasteiger partial charge in [-0.25, -0.2) is 0 Å². The highest BCUT2D eigenvalue weighted by Crippen LogP contribution is 2.60. The number of fused-ring (bicyclic) bond motifs is 2. The van der Waals surface area contributed by atoms with Crippen molar-refractivity contribution in [1.82, 2.24) is 0 Å². The first-order valence-electron chi connectivity index (χ1n) is 6.05. The van der Waals surface area contributed by atoms with Crippen LogP contribution in [0.5, 0.6) is 0 Å². The quantitative estimate of drug-likeness (QED) is 0.413. The molecule has 2 bridgehead atoms. The highest BCUT2D eigenvalue weighted by Gasteiger charge is 2.49. The van der Waals surface area contributed by atoms with Gasteiger partial charge in [0.2, 0.25) is 0 Å². The summed E-state index contributed by atoms with van der Waals surface area (Å²) in [5.41, 5.74) is 1.65. The minimum absolute atomic E-state index is 0.236. The molecule has 2 fully saturated rings. The predicted molar refractivity (Wildman–Crippen MR) is 63.6 cm³/mol. The molecule has 2 rings (SSSR count). The van der Waals surface area contributed by atoms with Crippen LogP contribution < -0.4 is 0 Å². The SMILES string of the molecule is C=C1C2CCC(C2)C1(C)C/C=C/OC(C)=O. The molecule has 0 aromatic rings. The van der Waals surface area contributed by atoms with E-state index in [9.17, 15) is 4.79 Å². The van der Waals surface area contributed by atoms with Gasteiger partial charge in [0.15, 0.2) is 0 Å². The lowest BCUT2D eigenvalue weighted by molar-refractivity contribution is -0.135. The van der Waals surface area contributed by atoms with Gasteiger partial charge in [0.25, 0.3) is 0 Å². The molecular formula is C14H20O2. The average molecular weight is 220 g/mol. The zero-order chi connectivity index (χ0) is 11.8. The molecule has 0 aliphatic heterocycles. The van der Waals surface area contributed by atoms with Gasteiger partial charge in [-0.15, -0.1) is 0 Å². The summed E-state index contributed by atoms with van der Waals surface area (Å²) in [5, 5.41) is 0. The number of hydrogen-bond acceptors (Lipinski definition) is 2. The summed E-state index contributed by atoms with van der Waals surface area (Å²) in [5.74, 6) is 1.28. The second-order valence-electron chi connectivity index (χ2n) is 5.33. The highest BCUT2D eigenvalue weighted by molar-refractivity contribution is 5.66. The largest absolute Gasteiger partial charge is 0.435 e. The smallest absolute Gasteiger partial charge is 0.307 e. The van der Waals surface area contributed by atoms with Crippen molar-refractivity contribution in [3.63, 3.8) is 0 Å². The number of allylic oxidation sites excluding steroid dienone is 2. The van der Waals surface area contributed by atoms with E-state index in [-0.39, 0.29) is 11.4 Å². The highest BCUT2D eigenvalue weighted by atomic mass is 16.5. The van der Waals surface area contributed by atoms with Crippen molar-refractivity contribution in [1.29, 1.82) is 0 Å². The molecule has 16 heavy (non-hydrogen) atoms. The molecule has 3 atom stereocenters. The molecule has 2 nitrogen and oxygen atoms in total. The molecule has 0 aromatic heterocycles. The molecule has 0 saturated heterocycles. The van der Waals surface area contributed by atoms with Crippen LogP contribution >= 0.6 is 0 Å². The Bertz CT molecular complexity index is 343. The van der Waals surface area contributed by atoms with Crippen LogP contribution in [0.1, 0.15) is 39.5 Å². The molecule has 0 spiro atoms. The first-order valence-corrected chi connectivity index (χ1v) is 6.05. The van der Waals surface area contributed by atoms with Gasteiger partial charge in [0.1, 0.15) is 0 Å². The van der Waals surface area contributed by atoms with Crippen LogP contribution in [-0.2, 0) is 9.53 Å². The van der Waals surface area contributed by atoms with Gasteiger partial charge < -0.3 is 4.74 Å². The van der Waals surface area contributed by atoms with Crippen molar-refractivity contribution >= 4 is 5.97 Å². The van der Waals surface area contributed by atoms with Gasteiger partial charge in [-0.1, -0.05) is 19.1 Å². The van der Waals surface area contributed by atoms with E-state index in [4.69, 9.17) is 4.74 Å². The zero-order valence-corrected chi connectivity index (χ0v) is 10.2. The van der Waals surface area contributed by atoms with E-state index in [1.165, 1.54) is 38.0 Å². The molecule has 2 aliphatic rings. The summed E-state index contributed by atoms with van der Waals surface area (Å²) in [7, 11) is 0. The molecule has 2 saturated carbocycles. The maximum atomic E-state index is 10.6. The van der Waals surface area contributed by atoms with Crippen LogP contribution in [0.3, 0.4) is 0 Å². The van der Waals surface area contributed by atoms with E-state index >= 15 is 0 Å². The Morgan fingerprint density at radius 1 is 1.62 bits per heavy atom. The fourth-order valence-corrected chi connectivity index (χ4v) is 3.34. The lowest BCUT2D eigenvalue weighted by Crippen LogP contribution is -2.25. The molecule has 0 radical (unpaired) electrons. The number of esters is 1. The molecule has 88 valence electrons. The zero-order valence-electron chi connectivity index (χ0n) is 10.2. The Morgan fingerprint density at radius 3 is 2.94 bits per heavy atom. The maximum absolute atomic E-state index is 10.6. The van der Waals surface area contributed by atoms with Crippen molar-refractivity contribution in [2.75, 3.05) is 0 Å². The maximum Gasteiger partial charge on any atom is 0.307 e. The van der Waals surface area contributed by atoms with Crippen LogP contribution in [0, 0.1) is 17.3 Å². The first kappa shape index (κ1) is 11.4. The van der Waals surface area contributed by atoms with E-state index in [1.54, 1.807) is 0 Å². The van der Waals surface area contributed by atoms with E-state index in [2.05, 4.69) is 13.5 Å². The number of hydrogen-bond donors (Lipinski definition) is 0. The van der Waals surface area contributed by atoms with Gasteiger partial charge in [0.05, 0.1) is 6.26 Å². The van der Waals surface area contributed by atoms with E-state index in [0.29, 0.717) is 0 Å². The molecular weight excluding hydrogens is 200 g/mol. The van der Waals surface area contributed by atoms with Crippen molar-refractivity contribution in [3.8, 4) is 0 Å². The van der Waals surface area contributed by atoms with Crippen molar-refractivity contribution in [3.05, 3.63) is 24.5 Å². The molecule has 3 unspecified atom stereocenters. The lowest BCUT2D eigenvalue weighted by atomic mass is 9.70. The van der Waals surface area contributed by atoms with Gasteiger partial charge in [-0.3, -0.25) is 4.79 Å². The molecule has 2 heteroatoms. The van der Waals surface area contributed by atoms with E-state index in [0.717, 1.165) is 18.3 Å². The second-order valence-corrected chi connectivity index (χ2v) is 5.33. The fraction of sp³-hybridized carbons (Fsp3) is 0.643. The lowest BCUT2D eigenvalue weighted by Gasteiger charge is -2.35. The van der Waals surface area contributed by atoms with Gasteiger partial charge in [0, 0.05) is 6.92 Å². The number of rotatable bonds is 3. The predicted octanol–water partition coefficient (Wildman–Crippen LogP) is 3.45. The van der Waals surface area contributed by atoms with Crippen molar-refractivity contribution < 1.29 is 9.53 Å². The Hall–Kier alpha value is -1.05. The molecule has 0 amide bonds. The van der Waals surface area contributed by atoms with Crippen LogP contribution in [-0.4, -0.2) is 5.97 Å². The summed E-state index contributed by atoms with van der Waals surface area (Å²) >= 11 is 0. The minimum atomic E-state index is -0.256. The van der Waals surface area contributed by atoms with Crippen LogP contribution in [0.4, 0.5) is 0 Å². The third-order valence-corrected chi connectivity index (χ3v) is 4.43. The topological polar surface area (TPSA) is 26.3 Å². The number of carbonyl (C=O) groups excluding carboxylic acids is 1. The van der Waals surface area contributed by atoms with Gasteiger partial charge in [-0.05, 0) is 49.0 Å². The summed E-state index contributed by atoms with van der Waals surface area (Å²) in [6, 6.07) is 0. The first-order chi connectivity index (χ1) is 7.54. The fourth-order valence-electron chi connectivity index (χ4n) is 3.34. The third-order valence-electron chi connectivity index (χ3n) is 4.43. The summed E-state index contributed by atoms with van der Waals surface area (Å²) in [6.07, 6.45) is 8.41. The minimum Gasteiger partial charge on any atom is -0.435 e. The monoisotopic (exact) mass is 220 g/mol. The standard InChI is InChI=1S/C14H20O2/c1-10-12-5-6-13(9-12)14(10,3)7-4-8-16-11(2)15/h4,8,12-13H,1,5-7,9H2,2-3H3/b8-4+. The van der Waals surface area contributed by atoms with E-state index < -0.39 is 0 Å². The molecule has 0 heterocycles. The Balaban J connectivity index is 1.96. The molecule has 0 N–H and O–H groups in total. The summed E-state index contributed by atoms with van der Waals surface area (Å²) in [4.78, 5) is 10.6. The normalized spacial score (nSPS) is 37.2. The number of ether oxygens (including phenoxy) is 1. The van der Waals surface area contributed by atoms with Gasteiger partial charge in [-0.2, -0.15) is 0 Å². The number of carbonyl (C=O) groups is 1. The summed E-state index contributed by atoms with van der Waals surface area (Å²) in [6.45, 7) is 7.98. The second kappa shape index (κ2) is 4.08. The summed E-state index contributed by atoms with van der Waals surface area (Å²) < 4.78 is 4.81. The van der Waals surface area contributed by atoms with Crippen molar-refractivity contribution in [2.24, 2.45) is 17.3 Å². The van der Waals surface area contributed by atoms with Crippen LogP contribution in [0.25, 0.3) is 0 Å². The van der Waals surface area contributed by atoms with E-state index in [1.807, 2.05) is 6.08 Å². The van der Waals surface area contributed by atoms with Crippen molar-refractivity contribution in [2.45, 2.75) is 39.5 Å². The molecule has 0 aromatic carbocycles. The third kappa shape index (κ3) is 1.81. The Kier molecular flexibility index (Phi) is 2.92. The molecule has 2 aliphatic carbocycles. The Morgan fingerprint density at radius 2 is 2.38 bits per heavy atom. The van der Waals surface area contributed by atoms with Crippen LogP contribution in [0.15, 0.2) is 24.5 Å². The average Bonchev–Trinajstić information content (AvgIpc) is 2.78.